The summed E-state index contributed by atoms with van der Waals surface area (Å²) in [6.45, 7) is 7.22. The van der Waals surface area contributed by atoms with Gasteiger partial charge in [-0.25, -0.2) is 8.42 Å². The van der Waals surface area contributed by atoms with E-state index < -0.39 is 10.0 Å². The second kappa shape index (κ2) is 9.75. The number of amides is 1. The molecule has 1 amide bonds. The highest BCUT2D eigenvalue weighted by atomic mass is 32.2. The van der Waals surface area contributed by atoms with E-state index >= 15 is 0 Å². The lowest BCUT2D eigenvalue weighted by atomic mass is 10.1. The normalized spacial score (nSPS) is 14.9. The second-order valence-corrected chi connectivity index (χ2v) is 10.1. The molecule has 0 radical (unpaired) electrons. The summed E-state index contributed by atoms with van der Waals surface area (Å²) in [6, 6.07) is 13.6. The number of hydrogen-bond donors (Lipinski definition) is 0. The summed E-state index contributed by atoms with van der Waals surface area (Å²) in [5, 5.41) is 0. The van der Waals surface area contributed by atoms with E-state index in [-0.39, 0.29) is 19.0 Å². The summed E-state index contributed by atoms with van der Waals surface area (Å²) in [6.07, 6.45) is 3.66. The van der Waals surface area contributed by atoms with Crippen molar-refractivity contribution < 1.29 is 13.2 Å². The van der Waals surface area contributed by atoms with E-state index in [9.17, 15) is 13.2 Å². The van der Waals surface area contributed by atoms with Crippen LogP contribution in [0.15, 0.2) is 47.4 Å². The van der Waals surface area contributed by atoms with Crippen LogP contribution in [-0.2, 0) is 21.2 Å². The molecule has 6 heteroatoms. The Hall–Kier alpha value is -2.18. The Balaban J connectivity index is 1.90. The lowest BCUT2D eigenvalue weighted by Gasteiger charge is -2.30. The van der Waals surface area contributed by atoms with E-state index in [1.165, 1.54) is 4.31 Å². The van der Waals surface area contributed by atoms with Gasteiger partial charge in [-0.05, 0) is 63.1 Å². The monoisotopic (exact) mass is 428 g/mol. The third-order valence-electron chi connectivity index (χ3n) is 5.72. The van der Waals surface area contributed by atoms with Crippen molar-refractivity contribution in [1.29, 1.82) is 0 Å². The Labute approximate surface area is 180 Å². The maximum absolute atomic E-state index is 13.7. The van der Waals surface area contributed by atoms with Crippen molar-refractivity contribution in [3.8, 4) is 0 Å². The SMILES string of the molecule is Cc1cc(C)c(S(=O)(=O)N(CCc2ccccc2)CC(=O)N2CCCCC2)c(C)c1. The van der Waals surface area contributed by atoms with Gasteiger partial charge in [-0.1, -0.05) is 48.0 Å². The maximum atomic E-state index is 13.7. The number of piperidine rings is 1. The predicted molar refractivity (Wildman–Crippen MR) is 120 cm³/mol. The molecule has 0 spiro atoms. The summed E-state index contributed by atoms with van der Waals surface area (Å²) in [5.74, 6) is -0.103. The van der Waals surface area contributed by atoms with Gasteiger partial charge in [0.1, 0.15) is 0 Å². The molecule has 1 aliphatic rings. The van der Waals surface area contributed by atoms with Crippen molar-refractivity contribution in [2.75, 3.05) is 26.2 Å². The smallest absolute Gasteiger partial charge is 0.244 e. The van der Waals surface area contributed by atoms with Gasteiger partial charge in [0.25, 0.3) is 0 Å². The molecule has 0 atom stereocenters. The van der Waals surface area contributed by atoms with Crippen molar-refractivity contribution in [1.82, 2.24) is 9.21 Å². The van der Waals surface area contributed by atoms with Crippen LogP contribution in [0.25, 0.3) is 0 Å². The number of benzene rings is 2. The van der Waals surface area contributed by atoms with E-state index in [0.29, 0.717) is 24.4 Å². The molecule has 0 aromatic heterocycles. The molecule has 1 heterocycles. The minimum Gasteiger partial charge on any atom is -0.342 e. The van der Waals surface area contributed by atoms with Gasteiger partial charge in [0, 0.05) is 19.6 Å². The Morgan fingerprint density at radius 2 is 1.57 bits per heavy atom. The van der Waals surface area contributed by atoms with Crippen molar-refractivity contribution in [3.05, 3.63) is 64.7 Å². The first-order valence-electron chi connectivity index (χ1n) is 10.7. The van der Waals surface area contributed by atoms with Crippen LogP contribution in [0.4, 0.5) is 0 Å². The summed E-state index contributed by atoms with van der Waals surface area (Å²) < 4.78 is 28.7. The molecule has 0 saturated carbocycles. The lowest BCUT2D eigenvalue weighted by molar-refractivity contribution is -0.132. The van der Waals surface area contributed by atoms with Crippen LogP contribution in [0, 0.1) is 20.8 Å². The van der Waals surface area contributed by atoms with Gasteiger partial charge in [0.15, 0.2) is 0 Å². The lowest BCUT2D eigenvalue weighted by Crippen LogP contribution is -2.45. The topological polar surface area (TPSA) is 57.7 Å². The zero-order valence-corrected chi connectivity index (χ0v) is 19.0. The molecule has 3 rings (SSSR count). The zero-order valence-electron chi connectivity index (χ0n) is 18.2. The molecule has 2 aromatic rings. The highest BCUT2D eigenvalue weighted by molar-refractivity contribution is 7.89. The molecule has 162 valence electrons. The van der Waals surface area contributed by atoms with Crippen molar-refractivity contribution in [2.24, 2.45) is 0 Å². The molecule has 1 fully saturated rings. The molecular formula is C24H32N2O3S. The average Bonchev–Trinajstić information content (AvgIpc) is 2.71. The van der Waals surface area contributed by atoms with E-state index in [1.807, 2.05) is 68.1 Å². The van der Waals surface area contributed by atoms with Crippen LogP contribution in [0.3, 0.4) is 0 Å². The van der Waals surface area contributed by atoms with Crippen LogP contribution in [0.2, 0.25) is 0 Å². The molecule has 5 nitrogen and oxygen atoms in total. The minimum absolute atomic E-state index is 0.103. The molecule has 0 N–H and O–H groups in total. The second-order valence-electron chi connectivity index (χ2n) is 8.24. The third kappa shape index (κ3) is 5.29. The number of likely N-dealkylation sites (tertiary alicyclic amines) is 1. The molecule has 2 aromatic carbocycles. The first-order chi connectivity index (χ1) is 14.3. The van der Waals surface area contributed by atoms with Crippen molar-refractivity contribution in [3.63, 3.8) is 0 Å². The van der Waals surface area contributed by atoms with E-state index in [1.54, 1.807) is 0 Å². The predicted octanol–water partition coefficient (Wildman–Crippen LogP) is 3.86. The highest BCUT2D eigenvalue weighted by Gasteiger charge is 2.31. The zero-order chi connectivity index (χ0) is 21.7. The highest BCUT2D eigenvalue weighted by Crippen LogP contribution is 2.26. The van der Waals surface area contributed by atoms with Gasteiger partial charge in [0.2, 0.25) is 15.9 Å². The first kappa shape index (κ1) is 22.5. The van der Waals surface area contributed by atoms with Gasteiger partial charge < -0.3 is 4.90 Å². The Morgan fingerprint density at radius 1 is 0.967 bits per heavy atom. The van der Waals surface area contributed by atoms with Gasteiger partial charge in [-0.3, -0.25) is 4.79 Å². The molecule has 30 heavy (non-hydrogen) atoms. The minimum atomic E-state index is -3.80. The summed E-state index contributed by atoms with van der Waals surface area (Å²) in [7, 11) is -3.80. The summed E-state index contributed by atoms with van der Waals surface area (Å²) in [4.78, 5) is 15.1. The largest absolute Gasteiger partial charge is 0.342 e. The molecule has 0 aliphatic carbocycles. The van der Waals surface area contributed by atoms with E-state index in [4.69, 9.17) is 0 Å². The Morgan fingerprint density at radius 3 is 2.17 bits per heavy atom. The Bertz CT molecular complexity index is 958. The van der Waals surface area contributed by atoms with E-state index in [2.05, 4.69) is 0 Å². The number of aryl methyl sites for hydroxylation is 3. The maximum Gasteiger partial charge on any atom is 0.244 e. The average molecular weight is 429 g/mol. The van der Waals surface area contributed by atoms with Gasteiger partial charge in [-0.2, -0.15) is 4.31 Å². The number of carbonyl (C=O) groups is 1. The molecule has 0 unspecified atom stereocenters. The summed E-state index contributed by atoms with van der Waals surface area (Å²) >= 11 is 0. The van der Waals surface area contributed by atoms with Crippen molar-refractivity contribution in [2.45, 2.75) is 51.3 Å². The molecule has 1 saturated heterocycles. The third-order valence-corrected chi connectivity index (χ3v) is 7.87. The number of nitrogens with zero attached hydrogens (tertiary/aromatic N) is 2. The number of hydrogen-bond acceptors (Lipinski definition) is 3. The number of rotatable bonds is 7. The van der Waals surface area contributed by atoms with Gasteiger partial charge >= 0.3 is 0 Å². The molecular weight excluding hydrogens is 396 g/mol. The standard InChI is InChI=1S/C24H32N2O3S/c1-19-16-20(2)24(21(3)17-19)30(28,29)26(15-12-22-10-6-4-7-11-22)18-23(27)25-13-8-5-9-14-25/h4,6-7,10-11,16-17H,5,8-9,12-15,18H2,1-3H3. The fourth-order valence-corrected chi connectivity index (χ4v) is 6.08. The van der Waals surface area contributed by atoms with Gasteiger partial charge in [0.05, 0.1) is 11.4 Å². The molecule has 1 aliphatic heterocycles. The quantitative estimate of drug-likeness (QED) is 0.673. The van der Waals surface area contributed by atoms with Gasteiger partial charge in [-0.15, -0.1) is 0 Å². The fourth-order valence-electron chi connectivity index (χ4n) is 4.28. The van der Waals surface area contributed by atoms with Crippen LogP contribution >= 0.6 is 0 Å². The van der Waals surface area contributed by atoms with Crippen LogP contribution in [0.5, 0.6) is 0 Å². The Kier molecular flexibility index (Phi) is 7.32. The van der Waals surface area contributed by atoms with Crippen LogP contribution < -0.4 is 0 Å². The van der Waals surface area contributed by atoms with Crippen LogP contribution in [-0.4, -0.2) is 49.7 Å². The summed E-state index contributed by atoms with van der Waals surface area (Å²) in [5.41, 5.74) is 3.54. The number of sulfonamides is 1. The molecule has 0 bridgehead atoms. The van der Waals surface area contributed by atoms with E-state index in [0.717, 1.165) is 41.5 Å². The van der Waals surface area contributed by atoms with Crippen LogP contribution in [0.1, 0.15) is 41.5 Å². The fraction of sp³-hybridized carbons (Fsp3) is 0.458. The first-order valence-corrected chi connectivity index (χ1v) is 12.1. The van der Waals surface area contributed by atoms with Crippen molar-refractivity contribution >= 4 is 15.9 Å². The number of carbonyl (C=O) groups excluding carboxylic acids is 1.